The van der Waals surface area contributed by atoms with Crippen LogP contribution >= 0.6 is 0 Å². The molecule has 8 heteroatoms. The maximum absolute atomic E-state index is 10.9. The van der Waals surface area contributed by atoms with Crippen molar-refractivity contribution in [3.8, 4) is 11.4 Å². The van der Waals surface area contributed by atoms with Gasteiger partial charge in [-0.1, -0.05) is 6.92 Å². The van der Waals surface area contributed by atoms with Crippen LogP contribution < -0.4 is 5.32 Å². The molecule has 8 nitrogen and oxygen atoms in total. The van der Waals surface area contributed by atoms with Crippen LogP contribution in [0.4, 0.5) is 11.5 Å². The first-order chi connectivity index (χ1) is 13.4. The van der Waals surface area contributed by atoms with Gasteiger partial charge in [0.25, 0.3) is 5.69 Å². The molecule has 0 bridgehead atoms. The summed E-state index contributed by atoms with van der Waals surface area (Å²) in [4.78, 5) is 22.0. The summed E-state index contributed by atoms with van der Waals surface area (Å²) in [5.74, 6) is 1.34. The van der Waals surface area contributed by atoms with E-state index in [4.69, 9.17) is 4.74 Å². The third kappa shape index (κ3) is 4.45. The van der Waals surface area contributed by atoms with Crippen molar-refractivity contribution in [2.24, 2.45) is 0 Å². The Balaban J connectivity index is 1.83. The fraction of sp³-hybridized carbons (Fsp3) is 0.500. The molecule has 0 aliphatic carbocycles. The van der Waals surface area contributed by atoms with Gasteiger partial charge in [-0.3, -0.25) is 10.1 Å². The molecule has 3 rings (SSSR count). The van der Waals surface area contributed by atoms with Gasteiger partial charge in [-0.05, 0) is 45.5 Å². The molecule has 1 saturated heterocycles. The molecule has 2 heterocycles. The molecule has 0 spiro atoms. The highest BCUT2D eigenvalue weighted by atomic mass is 16.6. The molecule has 0 atom stereocenters. The van der Waals surface area contributed by atoms with E-state index in [0.717, 1.165) is 56.1 Å². The van der Waals surface area contributed by atoms with E-state index < -0.39 is 4.92 Å². The normalized spacial score (nSPS) is 16.1. The number of ether oxygens (including phenoxy) is 1. The summed E-state index contributed by atoms with van der Waals surface area (Å²) in [7, 11) is 4.21. The quantitative estimate of drug-likeness (QED) is 0.578. The number of rotatable bonds is 7. The van der Waals surface area contributed by atoms with Crippen LogP contribution in [-0.2, 0) is 11.2 Å². The average molecular weight is 385 g/mol. The Labute approximate surface area is 165 Å². The molecule has 2 aromatic rings. The minimum atomic E-state index is -0.408. The van der Waals surface area contributed by atoms with Crippen LogP contribution in [0.2, 0.25) is 0 Å². The van der Waals surface area contributed by atoms with E-state index >= 15 is 0 Å². The number of benzene rings is 1. The first-order valence-corrected chi connectivity index (χ1v) is 9.55. The Bertz CT molecular complexity index is 817. The molecule has 0 radical (unpaired) electrons. The number of non-ortho nitro benzene ring substituents is 1. The van der Waals surface area contributed by atoms with Crippen LogP contribution in [-0.4, -0.2) is 59.2 Å². The van der Waals surface area contributed by atoms with Gasteiger partial charge in [0.2, 0.25) is 0 Å². The third-order valence-corrected chi connectivity index (χ3v) is 5.45. The van der Waals surface area contributed by atoms with Gasteiger partial charge in [-0.2, -0.15) is 0 Å². The largest absolute Gasteiger partial charge is 0.381 e. The zero-order valence-corrected chi connectivity index (χ0v) is 16.6. The average Bonchev–Trinajstić information content (AvgIpc) is 2.72. The van der Waals surface area contributed by atoms with E-state index in [1.807, 2.05) is 13.0 Å². The van der Waals surface area contributed by atoms with Crippen molar-refractivity contribution in [1.82, 2.24) is 14.9 Å². The van der Waals surface area contributed by atoms with Crippen LogP contribution in [0.1, 0.15) is 25.5 Å². The number of nitro groups is 1. The van der Waals surface area contributed by atoms with Gasteiger partial charge in [-0.25, -0.2) is 9.97 Å². The Morgan fingerprint density at radius 1 is 1.21 bits per heavy atom. The van der Waals surface area contributed by atoms with Crippen molar-refractivity contribution in [2.75, 3.05) is 39.2 Å². The topological polar surface area (TPSA) is 93.4 Å². The summed E-state index contributed by atoms with van der Waals surface area (Å²) in [6.07, 6.45) is 2.71. The summed E-state index contributed by atoms with van der Waals surface area (Å²) in [6, 6.07) is 8.31. The number of aromatic nitrogens is 2. The minimum absolute atomic E-state index is 0.0309. The number of aryl methyl sites for hydroxylation is 1. The van der Waals surface area contributed by atoms with E-state index in [-0.39, 0.29) is 11.2 Å². The summed E-state index contributed by atoms with van der Waals surface area (Å²) in [5.41, 5.74) is 1.78. The molecule has 1 aliphatic rings. The van der Waals surface area contributed by atoms with E-state index in [9.17, 15) is 10.1 Å². The summed E-state index contributed by atoms with van der Waals surface area (Å²) in [6.45, 7) is 4.34. The zero-order chi connectivity index (χ0) is 20.1. The van der Waals surface area contributed by atoms with Gasteiger partial charge in [0.05, 0.1) is 4.92 Å². The second-order valence-corrected chi connectivity index (χ2v) is 7.31. The molecule has 1 aromatic heterocycles. The van der Waals surface area contributed by atoms with Crippen LogP contribution in [0.5, 0.6) is 0 Å². The van der Waals surface area contributed by atoms with Gasteiger partial charge in [-0.15, -0.1) is 0 Å². The van der Waals surface area contributed by atoms with Crippen molar-refractivity contribution in [3.63, 3.8) is 0 Å². The molecule has 0 unspecified atom stereocenters. The van der Waals surface area contributed by atoms with E-state index in [2.05, 4.69) is 34.3 Å². The first kappa shape index (κ1) is 20.2. The number of likely N-dealkylation sites (N-methyl/N-ethyl adjacent to an activating group) is 1. The minimum Gasteiger partial charge on any atom is -0.381 e. The molecule has 1 aromatic carbocycles. The molecule has 1 aliphatic heterocycles. The maximum atomic E-state index is 10.9. The lowest BCUT2D eigenvalue weighted by atomic mass is 9.88. The maximum Gasteiger partial charge on any atom is 0.269 e. The molecule has 1 fully saturated rings. The van der Waals surface area contributed by atoms with Gasteiger partial charge < -0.3 is 15.0 Å². The lowest BCUT2D eigenvalue weighted by Crippen LogP contribution is -2.53. The highest BCUT2D eigenvalue weighted by molar-refractivity contribution is 5.59. The second kappa shape index (κ2) is 8.62. The molecule has 0 saturated carbocycles. The van der Waals surface area contributed by atoms with E-state index in [1.54, 1.807) is 12.1 Å². The number of hydrogen-bond acceptors (Lipinski definition) is 7. The predicted molar refractivity (Wildman–Crippen MR) is 108 cm³/mol. The van der Waals surface area contributed by atoms with Crippen LogP contribution in [0.25, 0.3) is 11.4 Å². The summed E-state index contributed by atoms with van der Waals surface area (Å²) < 4.78 is 5.54. The first-order valence-electron chi connectivity index (χ1n) is 9.55. The van der Waals surface area contributed by atoms with Crippen molar-refractivity contribution in [3.05, 3.63) is 46.1 Å². The Morgan fingerprint density at radius 3 is 2.46 bits per heavy atom. The third-order valence-electron chi connectivity index (χ3n) is 5.45. The molecule has 1 N–H and O–H groups in total. The zero-order valence-electron chi connectivity index (χ0n) is 16.6. The van der Waals surface area contributed by atoms with Gasteiger partial charge in [0, 0.05) is 54.8 Å². The smallest absolute Gasteiger partial charge is 0.269 e. The predicted octanol–water partition coefficient (Wildman–Crippen LogP) is 3.14. The van der Waals surface area contributed by atoms with Crippen molar-refractivity contribution in [2.45, 2.75) is 31.7 Å². The van der Waals surface area contributed by atoms with Gasteiger partial charge >= 0.3 is 0 Å². The lowest BCUT2D eigenvalue weighted by Gasteiger charge is -2.43. The number of nitrogens with one attached hydrogen (secondary N) is 1. The Hall–Kier alpha value is -2.58. The van der Waals surface area contributed by atoms with Crippen molar-refractivity contribution < 1.29 is 9.66 Å². The van der Waals surface area contributed by atoms with Crippen molar-refractivity contribution in [1.29, 1.82) is 0 Å². The SMILES string of the molecule is CCc1cc(NCC2(N(C)C)CCOCC2)nc(-c2ccc([N+](=O)[O-])cc2)n1. The van der Waals surface area contributed by atoms with Gasteiger partial charge in [0.1, 0.15) is 5.82 Å². The number of anilines is 1. The van der Waals surface area contributed by atoms with Crippen LogP contribution in [0.15, 0.2) is 30.3 Å². The number of nitro benzene ring substituents is 1. The number of hydrogen-bond donors (Lipinski definition) is 1. The highest BCUT2D eigenvalue weighted by Crippen LogP contribution is 2.27. The Kier molecular flexibility index (Phi) is 6.21. The molecule has 150 valence electrons. The fourth-order valence-electron chi connectivity index (χ4n) is 3.42. The van der Waals surface area contributed by atoms with E-state index in [0.29, 0.717) is 5.82 Å². The van der Waals surface area contributed by atoms with E-state index in [1.165, 1.54) is 12.1 Å². The standard InChI is InChI=1S/C20H27N5O3/c1-4-16-13-18(21-14-20(24(2)3)9-11-28-12-10-20)23-19(22-16)15-5-7-17(8-6-15)25(26)27/h5-8,13H,4,9-12,14H2,1-3H3,(H,21,22,23). The van der Waals surface area contributed by atoms with Crippen molar-refractivity contribution >= 4 is 11.5 Å². The summed E-state index contributed by atoms with van der Waals surface area (Å²) >= 11 is 0. The highest BCUT2D eigenvalue weighted by Gasteiger charge is 2.34. The lowest BCUT2D eigenvalue weighted by molar-refractivity contribution is -0.384. The second-order valence-electron chi connectivity index (χ2n) is 7.31. The Morgan fingerprint density at radius 2 is 1.89 bits per heavy atom. The molecular formula is C20H27N5O3. The molecule has 28 heavy (non-hydrogen) atoms. The van der Waals surface area contributed by atoms with Gasteiger partial charge in [0.15, 0.2) is 5.82 Å². The molecule has 0 amide bonds. The fourth-order valence-corrected chi connectivity index (χ4v) is 3.42. The van der Waals surface area contributed by atoms with Crippen LogP contribution in [0.3, 0.4) is 0 Å². The van der Waals surface area contributed by atoms with Crippen LogP contribution in [0, 0.1) is 10.1 Å². The summed E-state index contributed by atoms with van der Waals surface area (Å²) in [5, 5.41) is 14.4. The number of nitrogens with zero attached hydrogens (tertiary/aromatic N) is 4. The monoisotopic (exact) mass is 385 g/mol. The molecular weight excluding hydrogens is 358 g/mol.